The van der Waals surface area contributed by atoms with Crippen molar-refractivity contribution in [2.24, 2.45) is 0 Å². The second kappa shape index (κ2) is 8.90. The highest BCUT2D eigenvalue weighted by molar-refractivity contribution is 6.30. The molecular weight excluding hydrogens is 381 g/mol. The van der Waals surface area contributed by atoms with E-state index < -0.39 is 17.6 Å². The number of nitrogens with one attached hydrogen (secondary N) is 1. The molecule has 0 aliphatic rings. The maximum atomic E-state index is 13.3. The highest BCUT2D eigenvalue weighted by Crippen LogP contribution is 2.38. The van der Waals surface area contributed by atoms with Crippen LogP contribution in [0.2, 0.25) is 5.02 Å². The average Bonchev–Trinajstić information content (AvgIpc) is 2.61. The summed E-state index contributed by atoms with van der Waals surface area (Å²) in [4.78, 5) is 24.8. The van der Waals surface area contributed by atoms with Gasteiger partial charge in [0.25, 0.3) is 0 Å². The molecule has 0 aliphatic carbocycles. The number of halogens is 4. The van der Waals surface area contributed by atoms with Crippen LogP contribution in [0.1, 0.15) is 24.5 Å². The first-order valence-corrected chi connectivity index (χ1v) is 8.51. The Morgan fingerprint density at radius 3 is 2.37 bits per heavy atom. The zero-order valence-electron chi connectivity index (χ0n) is 14.5. The molecule has 0 saturated carbocycles. The zero-order chi connectivity index (χ0) is 20.0. The predicted octanol–water partition coefficient (Wildman–Crippen LogP) is 4.42. The maximum absolute atomic E-state index is 13.3. The molecule has 2 aromatic carbocycles. The molecule has 0 fully saturated rings. The van der Waals surface area contributed by atoms with E-state index in [1.54, 1.807) is 0 Å². The monoisotopic (exact) mass is 398 g/mol. The van der Waals surface area contributed by atoms with Crippen LogP contribution >= 0.6 is 11.6 Å². The van der Waals surface area contributed by atoms with Gasteiger partial charge in [-0.1, -0.05) is 41.9 Å². The molecule has 4 nitrogen and oxygen atoms in total. The normalized spacial score (nSPS) is 11.1. The summed E-state index contributed by atoms with van der Waals surface area (Å²) in [5, 5.41) is 2.59. The summed E-state index contributed by atoms with van der Waals surface area (Å²) in [5.74, 6) is -0.966. The molecule has 2 rings (SSSR count). The first-order valence-electron chi connectivity index (χ1n) is 8.14. The van der Waals surface area contributed by atoms with Crippen LogP contribution in [0.25, 0.3) is 0 Å². The van der Waals surface area contributed by atoms with Gasteiger partial charge in [0.15, 0.2) is 0 Å². The Bertz CT molecular complexity index is 810. The molecule has 0 radical (unpaired) electrons. The van der Waals surface area contributed by atoms with Crippen LogP contribution < -0.4 is 10.2 Å². The number of benzene rings is 2. The van der Waals surface area contributed by atoms with Gasteiger partial charge in [-0.15, -0.1) is 0 Å². The van der Waals surface area contributed by atoms with Crippen molar-refractivity contribution in [1.29, 1.82) is 0 Å². The van der Waals surface area contributed by atoms with Crippen molar-refractivity contribution in [3.05, 3.63) is 64.7 Å². The quantitative estimate of drug-likeness (QED) is 0.783. The highest BCUT2D eigenvalue weighted by atomic mass is 35.5. The Labute approximate surface area is 159 Å². The van der Waals surface area contributed by atoms with Crippen LogP contribution in [-0.4, -0.2) is 18.4 Å². The van der Waals surface area contributed by atoms with Gasteiger partial charge in [0.1, 0.15) is 0 Å². The Kier molecular flexibility index (Phi) is 6.85. The number of amides is 2. The lowest BCUT2D eigenvalue weighted by atomic mass is 10.1. The van der Waals surface area contributed by atoms with Gasteiger partial charge in [0.05, 0.1) is 11.3 Å². The van der Waals surface area contributed by atoms with Crippen molar-refractivity contribution < 1.29 is 22.8 Å². The fourth-order valence-corrected chi connectivity index (χ4v) is 2.69. The Morgan fingerprint density at radius 1 is 1.11 bits per heavy atom. The number of carbonyl (C=O) groups excluding carboxylic acids is 2. The topological polar surface area (TPSA) is 49.4 Å². The molecule has 0 heterocycles. The van der Waals surface area contributed by atoms with Crippen LogP contribution in [-0.2, 0) is 22.3 Å². The lowest BCUT2D eigenvalue weighted by Gasteiger charge is -2.25. The minimum absolute atomic E-state index is 0.0878. The van der Waals surface area contributed by atoms with Gasteiger partial charge in [-0.05, 0) is 23.8 Å². The molecule has 0 aliphatic heterocycles. The fraction of sp³-hybridized carbons (Fsp3) is 0.263. The van der Waals surface area contributed by atoms with Crippen molar-refractivity contribution in [2.45, 2.75) is 26.1 Å². The number of rotatable bonds is 6. The van der Waals surface area contributed by atoms with E-state index in [2.05, 4.69) is 5.32 Å². The molecule has 8 heteroatoms. The largest absolute Gasteiger partial charge is 0.418 e. The van der Waals surface area contributed by atoms with E-state index in [-0.39, 0.29) is 29.6 Å². The molecule has 144 valence electrons. The Morgan fingerprint density at radius 2 is 1.78 bits per heavy atom. The van der Waals surface area contributed by atoms with E-state index in [9.17, 15) is 22.8 Å². The summed E-state index contributed by atoms with van der Waals surface area (Å²) in [5.41, 5.74) is -0.448. The van der Waals surface area contributed by atoms with Gasteiger partial charge in [0, 0.05) is 31.5 Å². The molecule has 2 amide bonds. The average molecular weight is 399 g/mol. The molecular formula is C19H18ClF3N2O2. The smallest absolute Gasteiger partial charge is 0.352 e. The minimum Gasteiger partial charge on any atom is -0.352 e. The molecule has 0 aromatic heterocycles. The van der Waals surface area contributed by atoms with E-state index in [4.69, 9.17) is 11.6 Å². The third-order valence-corrected chi connectivity index (χ3v) is 4.06. The van der Waals surface area contributed by atoms with Crippen LogP contribution in [0, 0.1) is 0 Å². The third kappa shape index (κ3) is 5.99. The molecule has 0 atom stereocenters. The SMILES string of the molecule is CC(=O)N(CCC(=O)NCc1ccccc1)c1ccc(Cl)cc1C(F)(F)F. The van der Waals surface area contributed by atoms with E-state index in [1.807, 2.05) is 30.3 Å². The number of alkyl halides is 3. The van der Waals surface area contributed by atoms with Gasteiger partial charge in [0.2, 0.25) is 11.8 Å². The summed E-state index contributed by atoms with van der Waals surface area (Å²) in [6, 6.07) is 12.4. The fourth-order valence-electron chi connectivity index (χ4n) is 2.52. The van der Waals surface area contributed by atoms with E-state index in [1.165, 1.54) is 6.07 Å². The van der Waals surface area contributed by atoms with Gasteiger partial charge in [-0.3, -0.25) is 9.59 Å². The number of anilines is 1. The van der Waals surface area contributed by atoms with E-state index in [0.717, 1.165) is 29.5 Å². The lowest BCUT2D eigenvalue weighted by molar-refractivity contribution is -0.137. The van der Waals surface area contributed by atoms with Gasteiger partial charge >= 0.3 is 6.18 Å². The Hall–Kier alpha value is -2.54. The van der Waals surface area contributed by atoms with Crippen LogP contribution in [0.4, 0.5) is 18.9 Å². The third-order valence-electron chi connectivity index (χ3n) is 3.83. The standard InChI is InChI=1S/C19H18ClF3N2O2/c1-13(26)25(17-8-7-15(20)11-16(17)19(21,22)23)10-9-18(27)24-12-14-5-3-2-4-6-14/h2-8,11H,9-10,12H2,1H3,(H,24,27). The van der Waals surface area contributed by atoms with Crippen LogP contribution in [0.15, 0.2) is 48.5 Å². The molecule has 0 spiro atoms. The van der Waals surface area contributed by atoms with Crippen LogP contribution in [0.3, 0.4) is 0 Å². The number of hydrogen-bond donors (Lipinski definition) is 1. The summed E-state index contributed by atoms with van der Waals surface area (Å²) in [7, 11) is 0. The van der Waals surface area contributed by atoms with E-state index in [0.29, 0.717) is 6.54 Å². The molecule has 0 unspecified atom stereocenters. The number of hydrogen-bond acceptors (Lipinski definition) is 2. The zero-order valence-corrected chi connectivity index (χ0v) is 15.3. The second-order valence-electron chi connectivity index (χ2n) is 5.84. The van der Waals surface area contributed by atoms with Crippen molar-refractivity contribution in [3.8, 4) is 0 Å². The molecule has 2 aromatic rings. The molecule has 0 bridgehead atoms. The number of carbonyl (C=O) groups is 2. The second-order valence-corrected chi connectivity index (χ2v) is 6.28. The minimum atomic E-state index is -4.68. The molecule has 1 N–H and O–H groups in total. The van der Waals surface area contributed by atoms with Gasteiger partial charge in [-0.25, -0.2) is 0 Å². The maximum Gasteiger partial charge on any atom is 0.418 e. The number of nitrogens with zero attached hydrogens (tertiary/aromatic N) is 1. The van der Waals surface area contributed by atoms with Crippen molar-refractivity contribution in [3.63, 3.8) is 0 Å². The highest BCUT2D eigenvalue weighted by Gasteiger charge is 2.36. The van der Waals surface area contributed by atoms with Crippen molar-refractivity contribution in [1.82, 2.24) is 5.32 Å². The summed E-state index contributed by atoms with van der Waals surface area (Å²) in [6.07, 6.45) is -4.81. The van der Waals surface area contributed by atoms with Gasteiger partial charge < -0.3 is 10.2 Å². The lowest BCUT2D eigenvalue weighted by Crippen LogP contribution is -2.35. The summed E-state index contributed by atoms with van der Waals surface area (Å²) in [6.45, 7) is 1.27. The Balaban J connectivity index is 2.08. The predicted molar refractivity (Wildman–Crippen MR) is 97.4 cm³/mol. The first kappa shape index (κ1) is 20.8. The molecule has 27 heavy (non-hydrogen) atoms. The first-order chi connectivity index (χ1) is 12.7. The summed E-state index contributed by atoms with van der Waals surface area (Å²) < 4.78 is 39.9. The van der Waals surface area contributed by atoms with Crippen molar-refractivity contribution >= 4 is 29.1 Å². The van der Waals surface area contributed by atoms with Crippen LogP contribution in [0.5, 0.6) is 0 Å². The van der Waals surface area contributed by atoms with Gasteiger partial charge in [-0.2, -0.15) is 13.2 Å². The molecule has 0 saturated heterocycles. The van der Waals surface area contributed by atoms with Crippen molar-refractivity contribution in [2.75, 3.05) is 11.4 Å². The van der Waals surface area contributed by atoms with E-state index >= 15 is 0 Å². The summed E-state index contributed by atoms with van der Waals surface area (Å²) >= 11 is 5.67.